The van der Waals surface area contributed by atoms with Gasteiger partial charge in [0.2, 0.25) is 17.7 Å². The molecule has 8 heteroatoms. The van der Waals surface area contributed by atoms with Gasteiger partial charge in [0.05, 0.1) is 12.5 Å². The number of amides is 3. The van der Waals surface area contributed by atoms with Crippen molar-refractivity contribution in [1.29, 1.82) is 0 Å². The highest BCUT2D eigenvalue weighted by Crippen LogP contribution is 2.28. The van der Waals surface area contributed by atoms with Gasteiger partial charge < -0.3 is 15.1 Å². The number of hydrogen-bond acceptors (Lipinski definition) is 4. The molecule has 1 aromatic rings. The first-order valence-corrected chi connectivity index (χ1v) is 10.6. The maximum Gasteiger partial charge on any atom is 0.234 e. The van der Waals surface area contributed by atoms with E-state index < -0.39 is 0 Å². The Morgan fingerprint density at radius 3 is 2.64 bits per heavy atom. The SMILES string of the molecule is CCCNC(=O)CN1CCN(C(=O)C2CC(=O)N(c3cccc(Br)c3)C2)CC1. The number of halogens is 1. The normalized spacial score (nSPS) is 20.5. The van der Waals surface area contributed by atoms with Crippen molar-refractivity contribution in [2.45, 2.75) is 19.8 Å². The molecule has 0 bridgehead atoms. The third-order valence-electron chi connectivity index (χ3n) is 5.22. The third-order valence-corrected chi connectivity index (χ3v) is 5.71. The molecule has 0 aromatic heterocycles. The standard InChI is InChI=1S/C20H27BrN4O3/c1-2-6-22-18(26)14-23-7-9-24(10-8-23)20(28)15-11-19(27)25(13-15)17-5-3-4-16(21)12-17/h3-5,12,15H,2,6-11,13-14H2,1H3,(H,22,26). The molecule has 0 aliphatic carbocycles. The molecule has 1 unspecified atom stereocenters. The largest absolute Gasteiger partial charge is 0.355 e. The zero-order chi connectivity index (χ0) is 20.1. The number of carbonyl (C=O) groups excluding carboxylic acids is 3. The quantitative estimate of drug-likeness (QED) is 0.711. The number of hydrogen-bond donors (Lipinski definition) is 1. The summed E-state index contributed by atoms with van der Waals surface area (Å²) < 4.78 is 0.909. The highest BCUT2D eigenvalue weighted by Gasteiger charge is 2.38. The third kappa shape index (κ3) is 5.11. The van der Waals surface area contributed by atoms with Crippen LogP contribution in [0, 0.1) is 5.92 Å². The van der Waals surface area contributed by atoms with E-state index in [1.54, 1.807) is 4.90 Å². The number of piperazine rings is 1. The average Bonchev–Trinajstić information content (AvgIpc) is 3.08. The lowest BCUT2D eigenvalue weighted by atomic mass is 10.1. The molecule has 7 nitrogen and oxygen atoms in total. The van der Waals surface area contributed by atoms with Gasteiger partial charge in [-0.2, -0.15) is 0 Å². The highest BCUT2D eigenvalue weighted by molar-refractivity contribution is 9.10. The number of nitrogens with one attached hydrogen (secondary N) is 1. The molecule has 2 aliphatic heterocycles. The van der Waals surface area contributed by atoms with Gasteiger partial charge in [0.15, 0.2) is 0 Å². The van der Waals surface area contributed by atoms with Crippen LogP contribution in [0.1, 0.15) is 19.8 Å². The van der Waals surface area contributed by atoms with E-state index in [4.69, 9.17) is 0 Å². The molecule has 0 spiro atoms. The van der Waals surface area contributed by atoms with Crippen molar-refractivity contribution in [3.63, 3.8) is 0 Å². The minimum atomic E-state index is -0.300. The van der Waals surface area contributed by atoms with Crippen LogP contribution in [0.15, 0.2) is 28.7 Å². The summed E-state index contributed by atoms with van der Waals surface area (Å²) in [4.78, 5) is 42.8. The second-order valence-corrected chi connectivity index (χ2v) is 8.25. The van der Waals surface area contributed by atoms with Crippen LogP contribution in [0.25, 0.3) is 0 Å². The Hall–Kier alpha value is -1.93. The molecule has 2 heterocycles. The maximum atomic E-state index is 12.9. The van der Waals surface area contributed by atoms with Crippen molar-refractivity contribution < 1.29 is 14.4 Å². The van der Waals surface area contributed by atoms with E-state index >= 15 is 0 Å². The fourth-order valence-corrected chi connectivity index (χ4v) is 4.06. The highest BCUT2D eigenvalue weighted by atomic mass is 79.9. The number of anilines is 1. The maximum absolute atomic E-state index is 12.9. The smallest absolute Gasteiger partial charge is 0.234 e. The van der Waals surface area contributed by atoms with Crippen LogP contribution < -0.4 is 10.2 Å². The average molecular weight is 451 g/mol. The van der Waals surface area contributed by atoms with E-state index in [1.807, 2.05) is 36.1 Å². The summed E-state index contributed by atoms with van der Waals surface area (Å²) in [6, 6.07) is 7.58. The summed E-state index contributed by atoms with van der Waals surface area (Å²) in [5.74, 6) is -0.234. The Morgan fingerprint density at radius 1 is 1.21 bits per heavy atom. The summed E-state index contributed by atoms with van der Waals surface area (Å²) in [6.45, 7) is 6.08. The van der Waals surface area contributed by atoms with Crippen LogP contribution >= 0.6 is 15.9 Å². The van der Waals surface area contributed by atoms with Gasteiger partial charge in [0, 0.05) is 55.8 Å². The lowest BCUT2D eigenvalue weighted by molar-refractivity contribution is -0.137. The zero-order valence-corrected chi connectivity index (χ0v) is 17.8. The molecule has 1 aromatic carbocycles. The number of nitrogens with zero attached hydrogens (tertiary/aromatic N) is 3. The minimum Gasteiger partial charge on any atom is -0.355 e. The molecular weight excluding hydrogens is 424 g/mol. The summed E-state index contributed by atoms with van der Waals surface area (Å²) in [5.41, 5.74) is 0.817. The van der Waals surface area contributed by atoms with Crippen LogP contribution in [-0.2, 0) is 14.4 Å². The van der Waals surface area contributed by atoms with Crippen LogP contribution in [0.3, 0.4) is 0 Å². The molecule has 152 valence electrons. The molecule has 0 saturated carbocycles. The van der Waals surface area contributed by atoms with Crippen LogP contribution in [-0.4, -0.2) is 73.3 Å². The Labute approximate surface area is 174 Å². The summed E-state index contributed by atoms with van der Waals surface area (Å²) in [6.07, 6.45) is 1.18. The molecule has 3 rings (SSSR count). The molecule has 2 saturated heterocycles. The van der Waals surface area contributed by atoms with Crippen molar-refractivity contribution in [3.05, 3.63) is 28.7 Å². The summed E-state index contributed by atoms with van der Waals surface area (Å²) in [7, 11) is 0. The lowest BCUT2D eigenvalue weighted by Gasteiger charge is -2.35. The Balaban J connectivity index is 1.50. The predicted molar refractivity (Wildman–Crippen MR) is 111 cm³/mol. The van der Waals surface area contributed by atoms with Crippen molar-refractivity contribution in [2.75, 3.05) is 50.7 Å². The molecule has 2 aliphatic rings. The Bertz CT molecular complexity index is 734. The molecule has 28 heavy (non-hydrogen) atoms. The Kier molecular flexibility index (Phi) is 7.07. The molecular formula is C20H27BrN4O3. The van der Waals surface area contributed by atoms with Gasteiger partial charge in [-0.3, -0.25) is 19.3 Å². The van der Waals surface area contributed by atoms with Crippen LogP contribution in [0.2, 0.25) is 0 Å². The number of rotatable bonds is 6. The topological polar surface area (TPSA) is 73.0 Å². The van der Waals surface area contributed by atoms with Crippen molar-refractivity contribution in [1.82, 2.24) is 15.1 Å². The van der Waals surface area contributed by atoms with Crippen LogP contribution in [0.4, 0.5) is 5.69 Å². The van der Waals surface area contributed by atoms with E-state index in [1.165, 1.54) is 0 Å². The van der Waals surface area contributed by atoms with Gasteiger partial charge in [-0.1, -0.05) is 28.9 Å². The second-order valence-electron chi connectivity index (χ2n) is 7.34. The first kappa shape index (κ1) is 20.8. The van der Waals surface area contributed by atoms with Crippen molar-refractivity contribution in [3.8, 4) is 0 Å². The van der Waals surface area contributed by atoms with E-state index in [-0.39, 0.29) is 30.1 Å². The summed E-state index contributed by atoms with van der Waals surface area (Å²) in [5, 5.41) is 2.88. The first-order chi connectivity index (χ1) is 13.5. The zero-order valence-electron chi connectivity index (χ0n) is 16.2. The molecule has 0 radical (unpaired) electrons. The second kappa shape index (κ2) is 9.52. The fourth-order valence-electron chi connectivity index (χ4n) is 3.67. The Morgan fingerprint density at radius 2 is 1.96 bits per heavy atom. The number of benzene rings is 1. The van der Waals surface area contributed by atoms with Gasteiger partial charge in [-0.05, 0) is 24.6 Å². The van der Waals surface area contributed by atoms with E-state index in [2.05, 4.69) is 26.1 Å². The van der Waals surface area contributed by atoms with E-state index in [0.29, 0.717) is 45.8 Å². The van der Waals surface area contributed by atoms with Crippen molar-refractivity contribution >= 4 is 39.3 Å². The van der Waals surface area contributed by atoms with E-state index in [9.17, 15) is 14.4 Å². The van der Waals surface area contributed by atoms with Gasteiger partial charge in [-0.25, -0.2) is 0 Å². The monoisotopic (exact) mass is 450 g/mol. The number of carbonyl (C=O) groups is 3. The van der Waals surface area contributed by atoms with Gasteiger partial charge in [0.1, 0.15) is 0 Å². The lowest BCUT2D eigenvalue weighted by Crippen LogP contribution is -2.52. The predicted octanol–water partition coefficient (Wildman–Crippen LogP) is 1.47. The first-order valence-electron chi connectivity index (χ1n) is 9.81. The molecule has 1 atom stereocenters. The van der Waals surface area contributed by atoms with Crippen LogP contribution in [0.5, 0.6) is 0 Å². The van der Waals surface area contributed by atoms with Gasteiger partial charge in [-0.15, -0.1) is 0 Å². The molecule has 1 N–H and O–H groups in total. The molecule has 3 amide bonds. The molecule has 2 fully saturated rings. The summed E-state index contributed by atoms with van der Waals surface area (Å²) >= 11 is 3.43. The van der Waals surface area contributed by atoms with Crippen molar-refractivity contribution in [2.24, 2.45) is 5.92 Å². The fraction of sp³-hybridized carbons (Fsp3) is 0.550. The van der Waals surface area contributed by atoms with Gasteiger partial charge in [0.25, 0.3) is 0 Å². The van der Waals surface area contributed by atoms with Gasteiger partial charge >= 0.3 is 0 Å². The minimum absolute atomic E-state index is 0.0114. The van der Waals surface area contributed by atoms with E-state index in [0.717, 1.165) is 16.6 Å².